The van der Waals surface area contributed by atoms with Crippen LogP contribution in [0.4, 0.5) is 5.69 Å². The Morgan fingerprint density at radius 3 is 2.15 bits per heavy atom. The lowest BCUT2D eigenvalue weighted by atomic mass is 9.97. The molecule has 0 spiro atoms. The Labute approximate surface area is 252 Å². The highest BCUT2D eigenvalue weighted by atomic mass is 35.5. The minimum absolute atomic E-state index is 0.306. The number of benzene rings is 3. The lowest BCUT2D eigenvalue weighted by Gasteiger charge is -2.16. The van der Waals surface area contributed by atoms with Gasteiger partial charge in [0.2, 0.25) is 0 Å². The zero-order valence-electron chi connectivity index (χ0n) is 24.0. The Bertz CT molecular complexity index is 1500. The van der Waals surface area contributed by atoms with E-state index in [0.29, 0.717) is 52.2 Å². The second-order valence-electron chi connectivity index (χ2n) is 10.4. The van der Waals surface area contributed by atoms with E-state index in [-0.39, 0.29) is 5.91 Å². The van der Waals surface area contributed by atoms with E-state index in [1.54, 1.807) is 25.4 Å². The molecule has 0 atom stereocenters. The van der Waals surface area contributed by atoms with Crippen LogP contribution in [-0.2, 0) is 13.1 Å². The van der Waals surface area contributed by atoms with Crippen LogP contribution in [0.5, 0.6) is 5.75 Å². The van der Waals surface area contributed by atoms with Crippen molar-refractivity contribution in [1.29, 1.82) is 0 Å². The largest absolute Gasteiger partial charge is 0.496 e. The van der Waals surface area contributed by atoms with E-state index in [2.05, 4.69) is 54.7 Å². The molecule has 8 heteroatoms. The third-order valence-electron chi connectivity index (χ3n) is 6.61. The number of ether oxygens (including phenoxy) is 1. The maximum atomic E-state index is 13.0. The molecular formula is C33H36Cl2N4O2. The first kappa shape index (κ1) is 30.5. The average Bonchev–Trinajstić information content (AvgIpc) is 2.96. The second-order valence-corrected chi connectivity index (χ2v) is 11.2. The van der Waals surface area contributed by atoms with Gasteiger partial charge in [0.05, 0.1) is 22.8 Å². The number of nitrogens with zero attached hydrogens (tertiary/aromatic N) is 1. The standard InChI is InChI=1S/C33H36Cl2N4O2/c1-20(2)36-17-22-12-15-29(38-18-22)33(40)39-28-11-7-10-27(32(28)35)26-9-6-8-25(31(26)34)23-13-14-24(19-37-21(3)4)30(16-23)41-5/h6-16,18,20-21,36-37H,17,19H2,1-5H3,(H,39,40). The smallest absolute Gasteiger partial charge is 0.274 e. The lowest BCUT2D eigenvalue weighted by Crippen LogP contribution is -2.22. The fourth-order valence-electron chi connectivity index (χ4n) is 4.34. The highest BCUT2D eigenvalue weighted by Gasteiger charge is 2.17. The minimum atomic E-state index is -0.341. The molecule has 214 valence electrons. The summed E-state index contributed by atoms with van der Waals surface area (Å²) in [5.41, 5.74) is 6.11. The van der Waals surface area contributed by atoms with E-state index in [0.717, 1.165) is 33.6 Å². The van der Waals surface area contributed by atoms with Gasteiger partial charge in [-0.05, 0) is 29.3 Å². The van der Waals surface area contributed by atoms with Crippen LogP contribution in [0, 0.1) is 0 Å². The molecule has 0 saturated carbocycles. The quantitative estimate of drug-likeness (QED) is 0.165. The van der Waals surface area contributed by atoms with Gasteiger partial charge in [-0.25, -0.2) is 0 Å². The Hall–Kier alpha value is -3.42. The molecule has 0 bridgehead atoms. The third kappa shape index (κ3) is 7.66. The summed E-state index contributed by atoms with van der Waals surface area (Å²) in [4.78, 5) is 17.3. The predicted molar refractivity (Wildman–Crippen MR) is 170 cm³/mol. The van der Waals surface area contributed by atoms with Gasteiger partial charge in [0.15, 0.2) is 0 Å². The first-order valence-electron chi connectivity index (χ1n) is 13.7. The van der Waals surface area contributed by atoms with Crippen LogP contribution >= 0.6 is 23.2 Å². The molecule has 1 amide bonds. The first-order valence-corrected chi connectivity index (χ1v) is 14.4. The number of pyridine rings is 1. The third-order valence-corrected chi connectivity index (χ3v) is 7.42. The molecule has 0 radical (unpaired) electrons. The summed E-state index contributed by atoms with van der Waals surface area (Å²) in [5, 5.41) is 10.6. The highest BCUT2D eigenvalue weighted by molar-refractivity contribution is 6.39. The monoisotopic (exact) mass is 590 g/mol. The van der Waals surface area contributed by atoms with Gasteiger partial charge in [0, 0.05) is 53.6 Å². The summed E-state index contributed by atoms with van der Waals surface area (Å²) in [6, 6.07) is 21.7. The predicted octanol–water partition coefficient (Wildman–Crippen LogP) is 7.98. The summed E-state index contributed by atoms with van der Waals surface area (Å²) in [7, 11) is 1.67. The van der Waals surface area contributed by atoms with Gasteiger partial charge in [0.1, 0.15) is 11.4 Å². The van der Waals surface area contributed by atoms with E-state index in [9.17, 15) is 4.79 Å². The Morgan fingerprint density at radius 1 is 0.829 bits per heavy atom. The van der Waals surface area contributed by atoms with Crippen molar-refractivity contribution in [3.05, 3.63) is 99.8 Å². The van der Waals surface area contributed by atoms with Crippen LogP contribution in [0.2, 0.25) is 10.0 Å². The van der Waals surface area contributed by atoms with E-state index < -0.39 is 0 Å². The summed E-state index contributed by atoms with van der Waals surface area (Å²) >= 11 is 13.8. The van der Waals surface area contributed by atoms with E-state index in [1.807, 2.05) is 48.5 Å². The summed E-state index contributed by atoms with van der Waals surface area (Å²) < 4.78 is 5.68. The van der Waals surface area contributed by atoms with Gasteiger partial charge >= 0.3 is 0 Å². The van der Waals surface area contributed by atoms with Crippen LogP contribution in [0.25, 0.3) is 22.3 Å². The van der Waals surface area contributed by atoms with Crippen molar-refractivity contribution in [2.45, 2.75) is 52.9 Å². The molecule has 3 aromatic carbocycles. The number of amides is 1. The van der Waals surface area contributed by atoms with Crippen molar-refractivity contribution in [1.82, 2.24) is 15.6 Å². The zero-order chi connectivity index (χ0) is 29.5. The number of rotatable bonds is 11. The van der Waals surface area contributed by atoms with E-state index >= 15 is 0 Å². The van der Waals surface area contributed by atoms with Gasteiger partial charge in [-0.1, -0.05) is 99.4 Å². The van der Waals surface area contributed by atoms with E-state index in [4.69, 9.17) is 27.9 Å². The Balaban J connectivity index is 1.58. The van der Waals surface area contributed by atoms with E-state index in [1.165, 1.54) is 0 Å². The van der Waals surface area contributed by atoms with Crippen molar-refractivity contribution >= 4 is 34.8 Å². The summed E-state index contributed by atoms with van der Waals surface area (Å²) in [6.07, 6.45) is 1.70. The number of anilines is 1. The normalized spacial score (nSPS) is 11.2. The molecule has 1 heterocycles. The molecule has 0 unspecified atom stereocenters. The van der Waals surface area contributed by atoms with Crippen LogP contribution in [0.3, 0.4) is 0 Å². The van der Waals surface area contributed by atoms with Crippen molar-refractivity contribution in [2.24, 2.45) is 0 Å². The average molecular weight is 592 g/mol. The molecule has 4 rings (SSSR count). The van der Waals surface area contributed by atoms with Gasteiger partial charge < -0.3 is 20.7 Å². The van der Waals surface area contributed by atoms with Gasteiger partial charge in [-0.15, -0.1) is 0 Å². The molecule has 0 aliphatic rings. The number of nitrogens with one attached hydrogen (secondary N) is 3. The number of carbonyl (C=O) groups is 1. The van der Waals surface area contributed by atoms with Crippen molar-refractivity contribution < 1.29 is 9.53 Å². The fraction of sp³-hybridized carbons (Fsp3) is 0.273. The van der Waals surface area contributed by atoms with Gasteiger partial charge in [0.25, 0.3) is 5.91 Å². The number of hydrogen-bond donors (Lipinski definition) is 3. The number of aromatic nitrogens is 1. The number of hydrogen-bond acceptors (Lipinski definition) is 5. The molecule has 0 aliphatic heterocycles. The van der Waals surface area contributed by atoms with Crippen molar-refractivity contribution in [3.8, 4) is 28.0 Å². The maximum absolute atomic E-state index is 13.0. The van der Waals surface area contributed by atoms with Crippen molar-refractivity contribution in [2.75, 3.05) is 12.4 Å². The van der Waals surface area contributed by atoms with Gasteiger partial charge in [-0.2, -0.15) is 0 Å². The SMILES string of the molecule is COc1cc(-c2cccc(-c3cccc(NC(=O)c4ccc(CNC(C)C)cn4)c3Cl)c2Cl)ccc1CNC(C)C. The molecule has 0 saturated heterocycles. The summed E-state index contributed by atoms with van der Waals surface area (Å²) in [5.74, 6) is 0.448. The number of halogens is 2. The maximum Gasteiger partial charge on any atom is 0.274 e. The number of methoxy groups -OCH3 is 1. The first-order chi connectivity index (χ1) is 19.7. The lowest BCUT2D eigenvalue weighted by molar-refractivity contribution is 0.102. The molecule has 1 aromatic heterocycles. The molecule has 0 aliphatic carbocycles. The molecular weight excluding hydrogens is 555 g/mol. The van der Waals surface area contributed by atoms with Crippen LogP contribution in [-0.4, -0.2) is 30.1 Å². The van der Waals surface area contributed by atoms with Crippen molar-refractivity contribution in [3.63, 3.8) is 0 Å². The Kier molecular flexibility index (Phi) is 10.4. The topological polar surface area (TPSA) is 75.3 Å². The van der Waals surface area contributed by atoms with Gasteiger partial charge in [-0.3, -0.25) is 9.78 Å². The fourth-order valence-corrected chi connectivity index (χ4v) is 4.96. The molecule has 0 fully saturated rings. The molecule has 6 nitrogen and oxygen atoms in total. The zero-order valence-corrected chi connectivity index (χ0v) is 25.5. The van der Waals surface area contributed by atoms with Crippen LogP contribution in [0.1, 0.15) is 49.3 Å². The molecule has 4 aromatic rings. The number of carbonyl (C=O) groups excluding carboxylic acids is 1. The highest BCUT2D eigenvalue weighted by Crippen LogP contribution is 2.42. The minimum Gasteiger partial charge on any atom is -0.496 e. The summed E-state index contributed by atoms with van der Waals surface area (Å²) in [6.45, 7) is 9.77. The molecule has 41 heavy (non-hydrogen) atoms. The van der Waals surface area contributed by atoms with Crippen LogP contribution < -0.4 is 20.7 Å². The Morgan fingerprint density at radius 2 is 1.49 bits per heavy atom. The second kappa shape index (κ2) is 14.0. The molecule has 3 N–H and O–H groups in total. The van der Waals surface area contributed by atoms with Crippen LogP contribution in [0.15, 0.2) is 72.9 Å².